The van der Waals surface area contributed by atoms with Gasteiger partial charge in [-0.05, 0) is 38.1 Å². The molecule has 0 saturated carbocycles. The van der Waals surface area contributed by atoms with Crippen molar-refractivity contribution in [2.24, 2.45) is 0 Å². The van der Waals surface area contributed by atoms with Crippen molar-refractivity contribution < 1.29 is 14.2 Å². The highest BCUT2D eigenvalue weighted by Gasteiger charge is 2.23. The molecular formula is C28H26O3. The second-order valence-electron chi connectivity index (χ2n) is 7.48. The molecule has 0 aliphatic carbocycles. The molecule has 0 spiro atoms. The molecule has 2 atom stereocenters. The number of benzene rings is 4. The molecule has 0 bridgehead atoms. The van der Waals surface area contributed by atoms with Crippen LogP contribution in [-0.4, -0.2) is 0 Å². The zero-order valence-corrected chi connectivity index (χ0v) is 17.8. The van der Waals surface area contributed by atoms with Crippen LogP contribution in [0.4, 0.5) is 0 Å². The third-order valence-electron chi connectivity index (χ3n) is 4.92. The maximum Gasteiger partial charge on any atom is 0.230 e. The number of hydrogen-bond acceptors (Lipinski definition) is 3. The summed E-state index contributed by atoms with van der Waals surface area (Å²) in [5.74, 6) is 1.48. The molecule has 31 heavy (non-hydrogen) atoms. The summed E-state index contributed by atoms with van der Waals surface area (Å²) in [6.45, 7) is 4.10. The van der Waals surface area contributed by atoms with Gasteiger partial charge in [0.1, 0.15) is 11.5 Å². The van der Waals surface area contributed by atoms with Crippen molar-refractivity contribution in [3.8, 4) is 11.5 Å². The van der Waals surface area contributed by atoms with Crippen molar-refractivity contribution in [3.63, 3.8) is 0 Å². The first-order chi connectivity index (χ1) is 15.2. The van der Waals surface area contributed by atoms with E-state index in [9.17, 15) is 0 Å². The van der Waals surface area contributed by atoms with Gasteiger partial charge in [0.2, 0.25) is 12.6 Å². The summed E-state index contributed by atoms with van der Waals surface area (Å²) in [5, 5.41) is 0. The first kappa shape index (κ1) is 20.7. The van der Waals surface area contributed by atoms with E-state index in [1.807, 2.05) is 109 Å². The lowest BCUT2D eigenvalue weighted by molar-refractivity contribution is -0.192. The van der Waals surface area contributed by atoms with Crippen LogP contribution in [0.15, 0.2) is 109 Å². The predicted molar refractivity (Wildman–Crippen MR) is 123 cm³/mol. The van der Waals surface area contributed by atoms with Gasteiger partial charge in [0, 0.05) is 11.1 Å². The minimum atomic E-state index is -0.639. The van der Waals surface area contributed by atoms with E-state index in [4.69, 9.17) is 14.2 Å². The quantitative estimate of drug-likeness (QED) is 0.288. The summed E-state index contributed by atoms with van der Waals surface area (Å²) < 4.78 is 19.0. The fraction of sp³-hybridized carbons (Fsp3) is 0.143. The van der Waals surface area contributed by atoms with E-state index in [-0.39, 0.29) is 0 Å². The summed E-state index contributed by atoms with van der Waals surface area (Å²) in [4.78, 5) is 0. The van der Waals surface area contributed by atoms with Gasteiger partial charge < -0.3 is 9.47 Å². The van der Waals surface area contributed by atoms with Gasteiger partial charge in [0.05, 0.1) is 0 Å². The Labute approximate surface area is 183 Å². The Kier molecular flexibility index (Phi) is 6.65. The number of ether oxygens (including phenoxy) is 3. The van der Waals surface area contributed by atoms with Crippen molar-refractivity contribution in [2.45, 2.75) is 26.4 Å². The molecule has 4 rings (SSSR count). The van der Waals surface area contributed by atoms with E-state index in [1.54, 1.807) is 0 Å². The first-order valence-electron chi connectivity index (χ1n) is 10.4. The van der Waals surface area contributed by atoms with Gasteiger partial charge in [0.15, 0.2) is 0 Å². The third-order valence-corrected chi connectivity index (χ3v) is 4.92. The molecule has 0 aromatic heterocycles. The number of aryl methyl sites for hydroxylation is 2. The van der Waals surface area contributed by atoms with Gasteiger partial charge in [-0.25, -0.2) is 0 Å². The minimum Gasteiger partial charge on any atom is -0.460 e. The molecule has 2 unspecified atom stereocenters. The van der Waals surface area contributed by atoms with Crippen molar-refractivity contribution >= 4 is 0 Å². The monoisotopic (exact) mass is 410 g/mol. The van der Waals surface area contributed by atoms with Crippen molar-refractivity contribution in [3.05, 3.63) is 131 Å². The maximum absolute atomic E-state index is 6.45. The second kappa shape index (κ2) is 9.96. The molecule has 0 fully saturated rings. The fourth-order valence-corrected chi connectivity index (χ4v) is 3.16. The largest absolute Gasteiger partial charge is 0.460 e. The molecule has 0 aliphatic rings. The van der Waals surface area contributed by atoms with Crippen molar-refractivity contribution in [2.75, 3.05) is 0 Å². The zero-order valence-electron chi connectivity index (χ0n) is 17.8. The zero-order chi connectivity index (χ0) is 21.5. The van der Waals surface area contributed by atoms with Crippen molar-refractivity contribution in [1.29, 1.82) is 0 Å². The highest BCUT2D eigenvalue weighted by atomic mass is 16.8. The van der Waals surface area contributed by atoms with Gasteiger partial charge in [0.25, 0.3) is 0 Å². The van der Waals surface area contributed by atoms with Crippen LogP contribution >= 0.6 is 0 Å². The van der Waals surface area contributed by atoms with Crippen LogP contribution in [0.2, 0.25) is 0 Å². The van der Waals surface area contributed by atoms with Crippen LogP contribution < -0.4 is 9.47 Å². The fourth-order valence-electron chi connectivity index (χ4n) is 3.16. The molecular weight excluding hydrogens is 384 g/mol. The van der Waals surface area contributed by atoms with E-state index in [2.05, 4.69) is 13.8 Å². The lowest BCUT2D eigenvalue weighted by atomic mass is 10.2. The Morgan fingerprint density at radius 1 is 0.452 bits per heavy atom. The summed E-state index contributed by atoms with van der Waals surface area (Å²) in [5.41, 5.74) is 4.18. The topological polar surface area (TPSA) is 27.7 Å². The van der Waals surface area contributed by atoms with Gasteiger partial charge >= 0.3 is 0 Å². The third kappa shape index (κ3) is 5.74. The Balaban J connectivity index is 1.64. The van der Waals surface area contributed by atoms with Gasteiger partial charge in [-0.1, -0.05) is 96.1 Å². The van der Waals surface area contributed by atoms with E-state index >= 15 is 0 Å². The number of rotatable bonds is 8. The van der Waals surface area contributed by atoms with Gasteiger partial charge in [-0.2, -0.15) is 0 Å². The van der Waals surface area contributed by atoms with Gasteiger partial charge in [-0.15, -0.1) is 0 Å². The van der Waals surface area contributed by atoms with Crippen LogP contribution in [0.3, 0.4) is 0 Å². The van der Waals surface area contributed by atoms with Gasteiger partial charge in [-0.3, -0.25) is 4.74 Å². The predicted octanol–water partition coefficient (Wildman–Crippen LogP) is 7.18. The van der Waals surface area contributed by atoms with E-state index in [0.29, 0.717) is 0 Å². The first-order valence-corrected chi connectivity index (χ1v) is 10.4. The normalized spacial score (nSPS) is 12.7. The highest BCUT2D eigenvalue weighted by molar-refractivity contribution is 5.29. The Morgan fingerprint density at radius 3 is 1.16 bits per heavy atom. The summed E-state index contributed by atoms with van der Waals surface area (Å²) in [7, 11) is 0. The summed E-state index contributed by atoms with van der Waals surface area (Å²) in [6.07, 6.45) is -1.28. The Bertz CT molecular complexity index is 970. The molecule has 156 valence electrons. The van der Waals surface area contributed by atoms with Crippen LogP contribution in [0, 0.1) is 13.8 Å². The second-order valence-corrected chi connectivity index (χ2v) is 7.48. The minimum absolute atomic E-state index is 0.639. The van der Waals surface area contributed by atoms with Crippen LogP contribution in [0.5, 0.6) is 11.5 Å². The Morgan fingerprint density at radius 2 is 0.806 bits per heavy atom. The molecule has 0 aliphatic heterocycles. The van der Waals surface area contributed by atoms with Crippen molar-refractivity contribution in [1.82, 2.24) is 0 Å². The van der Waals surface area contributed by atoms with E-state index in [1.165, 1.54) is 11.1 Å². The molecule has 0 saturated heterocycles. The summed E-state index contributed by atoms with van der Waals surface area (Å²) in [6, 6.07) is 35.7. The van der Waals surface area contributed by atoms with E-state index < -0.39 is 12.6 Å². The lowest BCUT2D eigenvalue weighted by Crippen LogP contribution is -2.20. The highest BCUT2D eigenvalue weighted by Crippen LogP contribution is 2.31. The van der Waals surface area contributed by atoms with E-state index in [0.717, 1.165) is 22.6 Å². The molecule has 0 heterocycles. The number of hydrogen-bond donors (Lipinski definition) is 0. The SMILES string of the molecule is Cc1ccc(OC(OC(Oc2ccc(C)cc2)c2ccccc2)c2ccccc2)cc1. The summed E-state index contributed by atoms with van der Waals surface area (Å²) >= 11 is 0. The molecule has 0 amide bonds. The average Bonchev–Trinajstić information content (AvgIpc) is 2.82. The molecule has 0 radical (unpaired) electrons. The molecule has 4 aromatic carbocycles. The molecule has 3 nitrogen and oxygen atoms in total. The molecule has 0 N–H and O–H groups in total. The van der Waals surface area contributed by atoms with Crippen LogP contribution in [-0.2, 0) is 4.74 Å². The molecule has 4 aromatic rings. The molecule has 3 heteroatoms. The standard InChI is InChI=1S/C28H26O3/c1-21-13-17-25(18-14-21)29-27(23-9-5-3-6-10-23)31-28(24-11-7-4-8-12-24)30-26-19-15-22(2)16-20-26/h3-20,27-28H,1-2H3. The Hall–Kier alpha value is -3.56. The average molecular weight is 411 g/mol. The van der Waals surface area contributed by atoms with Crippen LogP contribution in [0.1, 0.15) is 34.8 Å². The lowest BCUT2D eigenvalue weighted by Gasteiger charge is -2.27. The van der Waals surface area contributed by atoms with Crippen LogP contribution in [0.25, 0.3) is 0 Å². The maximum atomic E-state index is 6.45. The smallest absolute Gasteiger partial charge is 0.230 e.